The van der Waals surface area contributed by atoms with E-state index in [1.807, 2.05) is 13.0 Å². The molecule has 0 unspecified atom stereocenters. The summed E-state index contributed by atoms with van der Waals surface area (Å²) in [6.07, 6.45) is 0.494. The third kappa shape index (κ3) is 5.45. The highest BCUT2D eigenvalue weighted by Gasteiger charge is 2.14. The van der Waals surface area contributed by atoms with E-state index in [1.54, 1.807) is 24.3 Å². The van der Waals surface area contributed by atoms with Gasteiger partial charge in [-0.1, -0.05) is 18.2 Å². The van der Waals surface area contributed by atoms with Gasteiger partial charge in [0, 0.05) is 36.6 Å². The van der Waals surface area contributed by atoms with Gasteiger partial charge >= 0.3 is 11.6 Å². The molecule has 0 bridgehead atoms. The lowest BCUT2D eigenvalue weighted by Crippen LogP contribution is -2.11. The highest BCUT2D eigenvalue weighted by Crippen LogP contribution is 2.29. The third-order valence-corrected chi connectivity index (χ3v) is 4.62. The van der Waals surface area contributed by atoms with Crippen LogP contribution in [-0.4, -0.2) is 26.3 Å². The first-order valence-corrected chi connectivity index (χ1v) is 9.56. The molecule has 0 saturated carbocycles. The van der Waals surface area contributed by atoms with E-state index in [0.717, 1.165) is 16.5 Å². The molecule has 30 heavy (non-hydrogen) atoms. The van der Waals surface area contributed by atoms with Crippen LogP contribution in [0.15, 0.2) is 51.7 Å². The van der Waals surface area contributed by atoms with Crippen LogP contribution in [0.3, 0.4) is 0 Å². The second-order valence-corrected chi connectivity index (χ2v) is 6.80. The van der Waals surface area contributed by atoms with Gasteiger partial charge in [-0.05, 0) is 36.6 Å². The summed E-state index contributed by atoms with van der Waals surface area (Å²) in [5.41, 5.74) is 1.79. The van der Waals surface area contributed by atoms with E-state index in [0.29, 0.717) is 29.9 Å². The van der Waals surface area contributed by atoms with Gasteiger partial charge in [0.1, 0.15) is 30.4 Å². The number of halogens is 1. The van der Waals surface area contributed by atoms with Gasteiger partial charge in [0.25, 0.3) is 0 Å². The van der Waals surface area contributed by atoms with Gasteiger partial charge in [0.15, 0.2) is 0 Å². The lowest BCUT2D eigenvalue weighted by atomic mass is 10.0. The SMILES string of the molecule is COCCOC(=O)CCc1cc2c(C)cc(=O)oc2cc1OCc1ccccc1F. The summed E-state index contributed by atoms with van der Waals surface area (Å²) in [6.45, 7) is 2.33. The molecule has 0 aliphatic heterocycles. The number of benzene rings is 2. The number of carbonyl (C=O) groups is 1. The van der Waals surface area contributed by atoms with Crippen molar-refractivity contribution in [2.75, 3.05) is 20.3 Å². The van der Waals surface area contributed by atoms with Gasteiger partial charge in [-0.15, -0.1) is 0 Å². The van der Waals surface area contributed by atoms with Crippen molar-refractivity contribution in [1.82, 2.24) is 0 Å². The number of ether oxygens (including phenoxy) is 3. The summed E-state index contributed by atoms with van der Waals surface area (Å²) in [5, 5.41) is 0.746. The standard InChI is InChI=1S/C23H23FO6/c1-15-11-23(26)30-21-13-20(29-14-17-5-3-4-6-19(17)24)16(12-18(15)21)7-8-22(25)28-10-9-27-2/h3-6,11-13H,7-10,14H2,1-2H3. The summed E-state index contributed by atoms with van der Waals surface area (Å²) in [6, 6.07) is 11.2. The first-order valence-electron chi connectivity index (χ1n) is 9.56. The molecule has 0 fully saturated rings. The zero-order chi connectivity index (χ0) is 21.5. The molecule has 1 heterocycles. The molecule has 158 valence electrons. The number of hydrogen-bond acceptors (Lipinski definition) is 6. The number of rotatable bonds is 9. The minimum absolute atomic E-state index is 0.000483. The zero-order valence-electron chi connectivity index (χ0n) is 16.9. The van der Waals surface area contributed by atoms with Crippen molar-refractivity contribution in [1.29, 1.82) is 0 Å². The van der Waals surface area contributed by atoms with E-state index in [1.165, 1.54) is 19.2 Å². The van der Waals surface area contributed by atoms with Crippen LogP contribution < -0.4 is 10.4 Å². The van der Waals surface area contributed by atoms with Crippen molar-refractivity contribution < 1.29 is 27.8 Å². The molecule has 7 heteroatoms. The average molecular weight is 414 g/mol. The molecule has 0 aliphatic carbocycles. The molecular weight excluding hydrogens is 391 g/mol. The van der Waals surface area contributed by atoms with Crippen LogP contribution in [0.5, 0.6) is 5.75 Å². The summed E-state index contributed by atoms with van der Waals surface area (Å²) < 4.78 is 35.0. The summed E-state index contributed by atoms with van der Waals surface area (Å²) in [4.78, 5) is 23.7. The fourth-order valence-corrected chi connectivity index (χ4v) is 3.04. The Bertz CT molecular complexity index is 1090. The number of hydrogen-bond donors (Lipinski definition) is 0. The average Bonchev–Trinajstić information content (AvgIpc) is 2.71. The van der Waals surface area contributed by atoms with Crippen LogP contribution in [0.25, 0.3) is 11.0 Å². The van der Waals surface area contributed by atoms with E-state index >= 15 is 0 Å². The van der Waals surface area contributed by atoms with Crippen LogP contribution in [0.2, 0.25) is 0 Å². The summed E-state index contributed by atoms with van der Waals surface area (Å²) >= 11 is 0. The van der Waals surface area contributed by atoms with Crippen LogP contribution in [0, 0.1) is 12.7 Å². The maximum Gasteiger partial charge on any atom is 0.336 e. The molecule has 0 radical (unpaired) electrons. The summed E-state index contributed by atoms with van der Waals surface area (Å²) in [5.74, 6) is -0.309. The number of esters is 1. The Labute approximate surface area is 173 Å². The van der Waals surface area contributed by atoms with Gasteiger partial charge in [-0.3, -0.25) is 4.79 Å². The quantitative estimate of drug-likeness (QED) is 0.300. The zero-order valence-corrected chi connectivity index (χ0v) is 16.9. The Morgan fingerprint density at radius 2 is 1.90 bits per heavy atom. The van der Waals surface area contributed by atoms with Crippen molar-refractivity contribution in [2.24, 2.45) is 0 Å². The van der Waals surface area contributed by atoms with E-state index in [2.05, 4.69) is 0 Å². The highest BCUT2D eigenvalue weighted by molar-refractivity contribution is 5.83. The molecule has 3 aromatic rings. The molecule has 0 spiro atoms. The third-order valence-electron chi connectivity index (χ3n) is 4.62. The topological polar surface area (TPSA) is 75.0 Å². The molecular formula is C23H23FO6. The highest BCUT2D eigenvalue weighted by atomic mass is 19.1. The Hall–Kier alpha value is -3.19. The maximum absolute atomic E-state index is 13.9. The van der Waals surface area contributed by atoms with Gasteiger partial charge in [0.2, 0.25) is 0 Å². The second-order valence-electron chi connectivity index (χ2n) is 6.80. The first kappa shape index (κ1) is 21.5. The minimum Gasteiger partial charge on any atom is -0.488 e. The molecule has 0 saturated heterocycles. The molecule has 2 aromatic carbocycles. The van der Waals surface area contributed by atoms with Crippen molar-refractivity contribution in [3.05, 3.63) is 75.4 Å². The van der Waals surface area contributed by atoms with Gasteiger partial charge in [0.05, 0.1) is 6.61 Å². The van der Waals surface area contributed by atoms with Crippen molar-refractivity contribution in [2.45, 2.75) is 26.4 Å². The normalized spacial score (nSPS) is 10.9. The fraction of sp³-hybridized carbons (Fsp3) is 0.304. The van der Waals surface area contributed by atoms with Gasteiger partial charge < -0.3 is 18.6 Å². The predicted molar refractivity (Wildman–Crippen MR) is 109 cm³/mol. The number of aryl methyl sites for hydroxylation is 2. The van der Waals surface area contributed by atoms with E-state index in [-0.39, 0.29) is 31.4 Å². The predicted octanol–water partition coefficient (Wildman–Crippen LogP) is 3.94. The van der Waals surface area contributed by atoms with Crippen LogP contribution in [-0.2, 0) is 27.3 Å². The van der Waals surface area contributed by atoms with Crippen molar-refractivity contribution >= 4 is 16.9 Å². The molecule has 0 amide bonds. The monoisotopic (exact) mass is 414 g/mol. The molecule has 0 atom stereocenters. The van der Waals surface area contributed by atoms with Crippen molar-refractivity contribution in [3.8, 4) is 5.75 Å². The lowest BCUT2D eigenvalue weighted by molar-refractivity contribution is -0.144. The molecule has 0 aliphatic rings. The molecule has 6 nitrogen and oxygen atoms in total. The first-order chi connectivity index (χ1) is 14.5. The number of carbonyl (C=O) groups excluding carboxylic acids is 1. The number of methoxy groups -OCH3 is 1. The Balaban J connectivity index is 1.86. The minimum atomic E-state index is -0.463. The van der Waals surface area contributed by atoms with Crippen LogP contribution in [0.4, 0.5) is 4.39 Å². The van der Waals surface area contributed by atoms with E-state index in [9.17, 15) is 14.0 Å². The summed E-state index contributed by atoms with van der Waals surface area (Å²) in [7, 11) is 1.53. The molecule has 3 rings (SSSR count). The molecule has 1 aromatic heterocycles. The molecule has 0 N–H and O–H groups in total. The van der Waals surface area contributed by atoms with Gasteiger partial charge in [-0.25, -0.2) is 9.18 Å². The van der Waals surface area contributed by atoms with Crippen LogP contribution in [0.1, 0.15) is 23.1 Å². The van der Waals surface area contributed by atoms with Gasteiger partial charge in [-0.2, -0.15) is 0 Å². The Kier molecular flexibility index (Phi) is 7.19. The van der Waals surface area contributed by atoms with Crippen molar-refractivity contribution in [3.63, 3.8) is 0 Å². The Morgan fingerprint density at radius 3 is 2.67 bits per heavy atom. The largest absolute Gasteiger partial charge is 0.488 e. The smallest absolute Gasteiger partial charge is 0.336 e. The van der Waals surface area contributed by atoms with Crippen LogP contribution >= 0.6 is 0 Å². The Morgan fingerprint density at radius 1 is 1.10 bits per heavy atom. The van der Waals surface area contributed by atoms with E-state index in [4.69, 9.17) is 18.6 Å². The maximum atomic E-state index is 13.9. The van der Waals surface area contributed by atoms with E-state index < -0.39 is 5.63 Å². The second kappa shape index (κ2) is 10.0. The fourth-order valence-electron chi connectivity index (χ4n) is 3.04. The lowest BCUT2D eigenvalue weighted by Gasteiger charge is -2.14. The number of fused-ring (bicyclic) bond motifs is 1.